The third-order valence-corrected chi connectivity index (χ3v) is 5.96. The van der Waals surface area contributed by atoms with Gasteiger partial charge in [0.1, 0.15) is 11.6 Å². The highest BCUT2D eigenvalue weighted by Crippen LogP contribution is 2.28. The number of nitrogens with one attached hydrogen (secondary N) is 1. The van der Waals surface area contributed by atoms with Gasteiger partial charge < -0.3 is 15.0 Å². The number of ether oxygens (including phenoxy) is 1. The molecule has 3 aromatic carbocycles. The second-order valence-corrected chi connectivity index (χ2v) is 8.37. The molecule has 0 saturated heterocycles. The van der Waals surface area contributed by atoms with E-state index in [1.165, 1.54) is 0 Å². The van der Waals surface area contributed by atoms with Gasteiger partial charge in [0.2, 0.25) is 0 Å². The van der Waals surface area contributed by atoms with E-state index >= 15 is 0 Å². The van der Waals surface area contributed by atoms with E-state index in [9.17, 15) is 9.59 Å². The quantitative estimate of drug-likeness (QED) is 0.342. The van der Waals surface area contributed by atoms with Crippen LogP contribution in [0.25, 0.3) is 16.6 Å². The summed E-state index contributed by atoms with van der Waals surface area (Å²) < 4.78 is 7.37. The number of carbonyl (C=O) groups is 1. The topological polar surface area (TPSA) is 76.5 Å². The Bertz CT molecular complexity index is 1420. The van der Waals surface area contributed by atoms with Crippen LogP contribution in [0.15, 0.2) is 77.6 Å². The summed E-state index contributed by atoms with van der Waals surface area (Å²) in [4.78, 5) is 33.5. The number of urea groups is 1. The summed E-state index contributed by atoms with van der Waals surface area (Å²) in [6, 6.07) is 20.6. The van der Waals surface area contributed by atoms with E-state index in [0.717, 1.165) is 0 Å². The van der Waals surface area contributed by atoms with Gasteiger partial charge in [0.15, 0.2) is 0 Å². The fourth-order valence-electron chi connectivity index (χ4n) is 4.08. The third kappa shape index (κ3) is 5.00. The predicted molar refractivity (Wildman–Crippen MR) is 140 cm³/mol. The predicted octanol–water partition coefficient (Wildman–Crippen LogP) is 6.05. The van der Waals surface area contributed by atoms with Crippen molar-refractivity contribution in [3.05, 3.63) is 94.0 Å². The molecule has 1 atom stereocenters. The van der Waals surface area contributed by atoms with Crippen LogP contribution in [0.1, 0.15) is 32.6 Å². The van der Waals surface area contributed by atoms with Gasteiger partial charge in [0, 0.05) is 17.3 Å². The number of carbonyl (C=O) groups excluding carboxylic acids is 1. The van der Waals surface area contributed by atoms with E-state index < -0.39 is 6.04 Å². The minimum Gasteiger partial charge on any atom is -0.492 e. The van der Waals surface area contributed by atoms with Crippen LogP contribution in [0.2, 0.25) is 5.02 Å². The van der Waals surface area contributed by atoms with Gasteiger partial charge in [-0.05, 0) is 63.2 Å². The monoisotopic (exact) mass is 490 g/mol. The highest BCUT2D eigenvalue weighted by molar-refractivity contribution is 6.30. The van der Waals surface area contributed by atoms with Crippen LogP contribution in [0.4, 0.5) is 10.5 Å². The summed E-state index contributed by atoms with van der Waals surface area (Å²) in [5, 5.41) is 3.90. The summed E-state index contributed by atoms with van der Waals surface area (Å²) in [7, 11) is 0. The molecule has 35 heavy (non-hydrogen) atoms. The highest BCUT2D eigenvalue weighted by Gasteiger charge is 2.27. The molecule has 0 fully saturated rings. The highest BCUT2D eigenvalue weighted by atomic mass is 35.5. The number of rotatable bonds is 7. The molecular weight excluding hydrogens is 464 g/mol. The maximum atomic E-state index is 13.8. The summed E-state index contributed by atoms with van der Waals surface area (Å²) in [5.41, 5.74) is 1.50. The van der Waals surface area contributed by atoms with Crippen LogP contribution in [-0.2, 0) is 0 Å². The van der Waals surface area contributed by atoms with Crippen LogP contribution in [0.5, 0.6) is 5.75 Å². The minimum absolute atomic E-state index is 0.226. The van der Waals surface area contributed by atoms with Crippen molar-refractivity contribution < 1.29 is 9.53 Å². The second kappa shape index (κ2) is 10.6. The molecule has 0 saturated carbocycles. The van der Waals surface area contributed by atoms with Crippen molar-refractivity contribution in [1.82, 2.24) is 14.5 Å². The third-order valence-electron chi connectivity index (χ3n) is 5.73. The number of aromatic nitrogens is 2. The molecule has 0 aliphatic carbocycles. The van der Waals surface area contributed by atoms with Crippen LogP contribution in [0.3, 0.4) is 0 Å². The van der Waals surface area contributed by atoms with Crippen molar-refractivity contribution >= 4 is 34.2 Å². The number of nitrogens with zero attached hydrogens (tertiary/aromatic N) is 3. The van der Waals surface area contributed by atoms with Crippen molar-refractivity contribution in [2.24, 2.45) is 0 Å². The van der Waals surface area contributed by atoms with Gasteiger partial charge in [0.25, 0.3) is 5.56 Å². The summed E-state index contributed by atoms with van der Waals surface area (Å²) >= 11 is 6.08. The van der Waals surface area contributed by atoms with Crippen LogP contribution < -0.4 is 15.6 Å². The Hall–Kier alpha value is -3.84. The molecule has 180 valence electrons. The van der Waals surface area contributed by atoms with Crippen molar-refractivity contribution in [3.8, 4) is 11.4 Å². The molecule has 1 aromatic heterocycles. The van der Waals surface area contributed by atoms with Crippen LogP contribution in [0, 0.1) is 0 Å². The van der Waals surface area contributed by atoms with Gasteiger partial charge in [-0.25, -0.2) is 9.78 Å². The first kappa shape index (κ1) is 24.3. The number of para-hydroxylation sites is 3. The molecule has 0 aliphatic rings. The fraction of sp³-hybridized carbons (Fsp3) is 0.222. The lowest BCUT2D eigenvalue weighted by Gasteiger charge is -2.30. The number of anilines is 1. The smallest absolute Gasteiger partial charge is 0.322 e. The average Bonchev–Trinajstić information content (AvgIpc) is 2.85. The van der Waals surface area contributed by atoms with Crippen LogP contribution >= 0.6 is 11.6 Å². The van der Waals surface area contributed by atoms with E-state index in [1.807, 2.05) is 57.2 Å². The lowest BCUT2D eigenvalue weighted by atomic mass is 10.2. The van der Waals surface area contributed by atoms with Crippen molar-refractivity contribution in [1.29, 1.82) is 0 Å². The Kier molecular flexibility index (Phi) is 7.36. The summed E-state index contributed by atoms with van der Waals surface area (Å²) in [5.74, 6) is 0.998. The molecule has 1 unspecified atom stereocenters. The van der Waals surface area contributed by atoms with Crippen molar-refractivity contribution in [3.63, 3.8) is 0 Å². The number of halogens is 1. The molecule has 1 N–H and O–H groups in total. The first-order valence-corrected chi connectivity index (χ1v) is 11.9. The molecule has 7 nitrogen and oxygen atoms in total. The SMILES string of the molecule is CCOc1ccccc1-n1c(C(C)N(CC)C(=O)Nc2cccc(Cl)c2)nc2ccccc2c1=O. The van der Waals surface area contributed by atoms with Gasteiger partial charge in [-0.2, -0.15) is 0 Å². The van der Waals surface area contributed by atoms with Gasteiger partial charge in [-0.1, -0.05) is 41.9 Å². The Morgan fingerprint density at radius 1 is 1.09 bits per heavy atom. The molecular formula is C27H27ClN4O3. The zero-order chi connectivity index (χ0) is 24.9. The van der Waals surface area contributed by atoms with E-state index in [1.54, 1.807) is 45.9 Å². The molecule has 4 rings (SSSR count). The molecule has 1 heterocycles. The first-order chi connectivity index (χ1) is 16.9. The molecule has 8 heteroatoms. The lowest BCUT2D eigenvalue weighted by molar-refractivity contribution is 0.193. The molecule has 0 radical (unpaired) electrons. The standard InChI is InChI=1S/C27H27ClN4O3/c1-4-31(27(34)29-20-12-10-11-19(28)17-20)18(3)25-30-22-14-7-6-13-21(22)26(33)32(25)23-15-8-9-16-24(23)35-5-2/h6-18H,4-5H2,1-3H3,(H,29,34). The molecule has 0 spiro atoms. The fourth-order valence-corrected chi connectivity index (χ4v) is 4.27. The van der Waals surface area contributed by atoms with Crippen molar-refractivity contribution in [2.75, 3.05) is 18.5 Å². The Labute approximate surface area is 208 Å². The zero-order valence-corrected chi connectivity index (χ0v) is 20.6. The molecule has 0 bridgehead atoms. The second-order valence-electron chi connectivity index (χ2n) is 7.93. The number of fused-ring (bicyclic) bond motifs is 1. The van der Waals surface area contributed by atoms with Gasteiger partial charge >= 0.3 is 6.03 Å². The Balaban J connectivity index is 1.85. The Morgan fingerprint density at radius 3 is 2.57 bits per heavy atom. The van der Waals surface area contributed by atoms with E-state index in [4.69, 9.17) is 21.3 Å². The van der Waals surface area contributed by atoms with Gasteiger partial charge in [0.05, 0.1) is 29.2 Å². The maximum absolute atomic E-state index is 13.8. The maximum Gasteiger partial charge on any atom is 0.322 e. The van der Waals surface area contributed by atoms with E-state index in [-0.39, 0.29) is 11.6 Å². The summed E-state index contributed by atoms with van der Waals surface area (Å²) in [6.07, 6.45) is 0. The van der Waals surface area contributed by atoms with Gasteiger partial charge in [-0.3, -0.25) is 9.36 Å². The van der Waals surface area contributed by atoms with E-state index in [0.29, 0.717) is 52.0 Å². The van der Waals surface area contributed by atoms with Gasteiger partial charge in [-0.15, -0.1) is 0 Å². The molecule has 2 amide bonds. The lowest BCUT2D eigenvalue weighted by Crippen LogP contribution is -2.39. The number of amides is 2. The molecule has 0 aliphatic heterocycles. The largest absolute Gasteiger partial charge is 0.492 e. The zero-order valence-electron chi connectivity index (χ0n) is 19.9. The average molecular weight is 491 g/mol. The number of hydrogen-bond acceptors (Lipinski definition) is 4. The van der Waals surface area contributed by atoms with Crippen molar-refractivity contribution in [2.45, 2.75) is 26.8 Å². The normalized spacial score (nSPS) is 11.8. The van der Waals surface area contributed by atoms with Crippen LogP contribution in [-0.4, -0.2) is 33.6 Å². The summed E-state index contributed by atoms with van der Waals surface area (Å²) in [6.45, 7) is 6.47. The number of hydrogen-bond donors (Lipinski definition) is 1. The first-order valence-electron chi connectivity index (χ1n) is 11.5. The van der Waals surface area contributed by atoms with E-state index in [2.05, 4.69) is 5.32 Å². The number of benzene rings is 3. The Morgan fingerprint density at radius 2 is 1.83 bits per heavy atom. The molecule has 4 aromatic rings. The minimum atomic E-state index is -0.536.